The van der Waals surface area contributed by atoms with Crippen LogP contribution in [-0.4, -0.2) is 68.5 Å². The molecule has 6 nitrogen and oxygen atoms in total. The van der Waals surface area contributed by atoms with Crippen molar-refractivity contribution in [3.05, 3.63) is 29.8 Å². The molecule has 0 radical (unpaired) electrons. The van der Waals surface area contributed by atoms with E-state index in [4.69, 9.17) is 9.73 Å². The number of aliphatic imine (C=N–C) groups is 1. The number of likely N-dealkylation sites (N-methyl/N-ethyl adjacent to an activating group) is 2. The third-order valence-electron chi connectivity index (χ3n) is 4.37. The minimum atomic E-state index is 0. The van der Waals surface area contributed by atoms with Crippen molar-refractivity contribution in [3.63, 3.8) is 0 Å². The summed E-state index contributed by atoms with van der Waals surface area (Å²) in [5, 5.41) is 3.27. The molecule has 0 fully saturated rings. The Labute approximate surface area is 181 Å². The monoisotopic (exact) mass is 490 g/mol. The number of ether oxygens (including phenoxy) is 1. The number of rotatable bonds is 9. The van der Waals surface area contributed by atoms with E-state index in [-0.39, 0.29) is 35.8 Å². The third-order valence-corrected chi connectivity index (χ3v) is 4.37. The largest absolute Gasteiger partial charge is 0.496 e. The average molecular weight is 490 g/mol. The average Bonchev–Trinajstić information content (AvgIpc) is 2.65. The molecule has 0 aliphatic carbocycles. The second kappa shape index (κ2) is 13.6. The molecule has 1 amide bonds. The Morgan fingerprint density at radius 1 is 1.22 bits per heavy atom. The first-order valence-corrected chi connectivity index (χ1v) is 9.38. The van der Waals surface area contributed by atoms with Gasteiger partial charge in [-0.3, -0.25) is 9.79 Å². The van der Waals surface area contributed by atoms with Crippen molar-refractivity contribution in [1.29, 1.82) is 0 Å². The van der Waals surface area contributed by atoms with Crippen LogP contribution in [-0.2, 0) is 4.79 Å². The van der Waals surface area contributed by atoms with Crippen molar-refractivity contribution in [3.8, 4) is 5.75 Å². The van der Waals surface area contributed by atoms with E-state index in [0.29, 0.717) is 13.1 Å². The van der Waals surface area contributed by atoms with E-state index in [0.717, 1.165) is 36.9 Å². The molecule has 0 saturated heterocycles. The van der Waals surface area contributed by atoms with Crippen LogP contribution in [0.3, 0.4) is 0 Å². The summed E-state index contributed by atoms with van der Waals surface area (Å²) in [4.78, 5) is 20.8. The van der Waals surface area contributed by atoms with Gasteiger partial charge in [-0.05, 0) is 32.4 Å². The molecule has 1 atom stereocenters. The SMILES string of the molecule is CCNC(=NCC(C)c1ccccc1OC)N(C)CC(=O)N(CC)CC.I. The van der Waals surface area contributed by atoms with E-state index in [1.54, 1.807) is 7.11 Å². The highest BCUT2D eigenvalue weighted by atomic mass is 127. The number of methoxy groups -OCH3 is 1. The van der Waals surface area contributed by atoms with Crippen LogP contribution >= 0.6 is 24.0 Å². The molecule has 7 heteroatoms. The normalized spacial score (nSPS) is 12.0. The van der Waals surface area contributed by atoms with Crippen LogP contribution in [0.5, 0.6) is 5.75 Å². The minimum Gasteiger partial charge on any atom is -0.496 e. The van der Waals surface area contributed by atoms with Gasteiger partial charge in [-0.15, -0.1) is 24.0 Å². The van der Waals surface area contributed by atoms with Crippen LogP contribution in [0.1, 0.15) is 39.2 Å². The van der Waals surface area contributed by atoms with Crippen LogP contribution in [0.25, 0.3) is 0 Å². The Bertz CT molecular complexity index is 591. The van der Waals surface area contributed by atoms with Gasteiger partial charge in [0.2, 0.25) is 5.91 Å². The van der Waals surface area contributed by atoms with Crippen LogP contribution in [0.2, 0.25) is 0 Å². The van der Waals surface area contributed by atoms with Gasteiger partial charge in [0.15, 0.2) is 5.96 Å². The Morgan fingerprint density at radius 3 is 2.41 bits per heavy atom. The van der Waals surface area contributed by atoms with Gasteiger partial charge in [0.1, 0.15) is 5.75 Å². The lowest BCUT2D eigenvalue weighted by molar-refractivity contribution is -0.131. The fourth-order valence-electron chi connectivity index (χ4n) is 2.82. The number of hydrogen-bond donors (Lipinski definition) is 1. The maximum atomic E-state index is 12.4. The molecular formula is C20H35IN4O2. The molecule has 1 rings (SSSR count). The predicted molar refractivity (Wildman–Crippen MR) is 123 cm³/mol. The number of benzene rings is 1. The highest BCUT2D eigenvalue weighted by molar-refractivity contribution is 14.0. The van der Waals surface area contributed by atoms with E-state index >= 15 is 0 Å². The first-order chi connectivity index (χ1) is 12.5. The molecule has 27 heavy (non-hydrogen) atoms. The number of carbonyl (C=O) groups excluding carboxylic acids is 1. The first kappa shape index (κ1) is 25.5. The van der Waals surface area contributed by atoms with E-state index in [2.05, 4.69) is 18.3 Å². The molecule has 1 N–H and O–H groups in total. The van der Waals surface area contributed by atoms with E-state index in [9.17, 15) is 4.79 Å². The smallest absolute Gasteiger partial charge is 0.242 e. The highest BCUT2D eigenvalue weighted by Crippen LogP contribution is 2.26. The predicted octanol–water partition coefficient (Wildman–Crippen LogP) is 3.18. The van der Waals surface area contributed by atoms with Gasteiger partial charge in [-0.25, -0.2) is 0 Å². The number of para-hydroxylation sites is 1. The quantitative estimate of drug-likeness (QED) is 0.328. The number of hydrogen-bond acceptors (Lipinski definition) is 3. The zero-order valence-electron chi connectivity index (χ0n) is 17.5. The van der Waals surface area contributed by atoms with E-state index in [1.165, 1.54) is 0 Å². The van der Waals surface area contributed by atoms with E-state index in [1.807, 2.05) is 55.8 Å². The fourth-order valence-corrected chi connectivity index (χ4v) is 2.82. The zero-order valence-corrected chi connectivity index (χ0v) is 19.8. The van der Waals surface area contributed by atoms with Gasteiger partial charge in [-0.1, -0.05) is 25.1 Å². The Morgan fingerprint density at radius 2 is 1.85 bits per heavy atom. The number of amides is 1. The molecule has 0 aliphatic rings. The highest BCUT2D eigenvalue weighted by Gasteiger charge is 2.16. The van der Waals surface area contributed by atoms with Crippen molar-refractivity contribution in [2.75, 3.05) is 46.9 Å². The summed E-state index contributed by atoms with van der Waals surface area (Å²) in [7, 11) is 3.59. The van der Waals surface area contributed by atoms with Gasteiger partial charge >= 0.3 is 0 Å². The van der Waals surface area contributed by atoms with Crippen LogP contribution < -0.4 is 10.1 Å². The molecule has 0 aromatic heterocycles. The second-order valence-corrected chi connectivity index (χ2v) is 6.26. The lowest BCUT2D eigenvalue weighted by Crippen LogP contribution is -2.45. The minimum absolute atomic E-state index is 0. The van der Waals surface area contributed by atoms with Gasteiger partial charge in [0.05, 0.1) is 13.7 Å². The third kappa shape index (κ3) is 7.94. The van der Waals surface area contributed by atoms with Crippen LogP contribution in [0.15, 0.2) is 29.3 Å². The molecular weight excluding hydrogens is 455 g/mol. The summed E-state index contributed by atoms with van der Waals surface area (Å²) in [6, 6.07) is 8.02. The molecule has 0 heterocycles. The van der Waals surface area contributed by atoms with Gasteiger partial charge in [-0.2, -0.15) is 0 Å². The first-order valence-electron chi connectivity index (χ1n) is 9.38. The summed E-state index contributed by atoms with van der Waals surface area (Å²) >= 11 is 0. The van der Waals surface area contributed by atoms with Crippen molar-refractivity contribution in [2.24, 2.45) is 4.99 Å². The standard InChI is InChI=1S/C20H34N4O2.HI/c1-7-21-20(23(5)15-19(25)24(8-2)9-3)22-14-16(4)17-12-10-11-13-18(17)26-6;/h10-13,16H,7-9,14-15H2,1-6H3,(H,21,22);1H. The summed E-state index contributed by atoms with van der Waals surface area (Å²) in [6.07, 6.45) is 0. The maximum Gasteiger partial charge on any atom is 0.242 e. The van der Waals surface area contributed by atoms with Crippen molar-refractivity contribution in [1.82, 2.24) is 15.1 Å². The van der Waals surface area contributed by atoms with Crippen molar-refractivity contribution < 1.29 is 9.53 Å². The van der Waals surface area contributed by atoms with Crippen molar-refractivity contribution in [2.45, 2.75) is 33.6 Å². The lowest BCUT2D eigenvalue weighted by Gasteiger charge is -2.26. The number of nitrogens with zero attached hydrogens (tertiary/aromatic N) is 3. The molecule has 0 bridgehead atoms. The number of carbonyl (C=O) groups is 1. The van der Waals surface area contributed by atoms with Crippen molar-refractivity contribution >= 4 is 35.8 Å². The van der Waals surface area contributed by atoms with Gasteiger partial charge in [0, 0.05) is 39.1 Å². The topological polar surface area (TPSA) is 57.2 Å². The Kier molecular flexibility index (Phi) is 12.9. The number of guanidine groups is 1. The fraction of sp³-hybridized carbons (Fsp3) is 0.600. The zero-order chi connectivity index (χ0) is 19.5. The lowest BCUT2D eigenvalue weighted by atomic mass is 10.0. The van der Waals surface area contributed by atoms with E-state index < -0.39 is 0 Å². The van der Waals surface area contributed by atoms with Gasteiger partial charge < -0.3 is 19.9 Å². The second-order valence-electron chi connectivity index (χ2n) is 6.26. The summed E-state index contributed by atoms with van der Waals surface area (Å²) < 4.78 is 5.45. The van der Waals surface area contributed by atoms with Gasteiger partial charge in [0.25, 0.3) is 0 Å². The summed E-state index contributed by atoms with van der Waals surface area (Å²) in [6.45, 7) is 11.3. The number of nitrogens with one attached hydrogen (secondary N) is 1. The molecule has 0 saturated carbocycles. The molecule has 0 aliphatic heterocycles. The van der Waals surface area contributed by atoms with Crippen LogP contribution in [0, 0.1) is 0 Å². The molecule has 1 unspecified atom stereocenters. The Hall–Kier alpha value is -1.51. The molecule has 1 aromatic rings. The maximum absolute atomic E-state index is 12.4. The number of halogens is 1. The molecule has 154 valence electrons. The Balaban J connectivity index is 0.00000676. The summed E-state index contributed by atoms with van der Waals surface area (Å²) in [5.41, 5.74) is 1.14. The molecule has 1 aromatic carbocycles. The molecule has 0 spiro atoms. The summed E-state index contributed by atoms with van der Waals surface area (Å²) in [5.74, 6) is 1.95. The van der Waals surface area contributed by atoms with Crippen LogP contribution in [0.4, 0.5) is 0 Å².